The molecular formula is C13H13ClN2O. The number of benzene rings is 1. The van der Waals surface area contributed by atoms with E-state index >= 15 is 0 Å². The van der Waals surface area contributed by atoms with Crippen LogP contribution in [0.4, 0.5) is 5.82 Å². The van der Waals surface area contributed by atoms with E-state index in [4.69, 9.17) is 11.6 Å². The summed E-state index contributed by atoms with van der Waals surface area (Å²) in [6.07, 6.45) is -0.558. The van der Waals surface area contributed by atoms with Gasteiger partial charge in [-0.2, -0.15) is 0 Å². The van der Waals surface area contributed by atoms with Crippen molar-refractivity contribution in [3.05, 3.63) is 59.2 Å². The standard InChI is InChI=1S/C13H13ClN2O/c14-12-7-4-8-13(16-12)15-9-11(17)10-5-2-1-3-6-10/h1-8,11,17H,9H2,(H,15,16). The van der Waals surface area contributed by atoms with Crippen LogP contribution in [-0.2, 0) is 0 Å². The number of aliphatic hydroxyl groups excluding tert-OH is 1. The van der Waals surface area contributed by atoms with Gasteiger partial charge in [-0.3, -0.25) is 0 Å². The number of rotatable bonds is 4. The summed E-state index contributed by atoms with van der Waals surface area (Å²) >= 11 is 5.76. The highest BCUT2D eigenvalue weighted by molar-refractivity contribution is 6.29. The van der Waals surface area contributed by atoms with Crippen LogP contribution in [-0.4, -0.2) is 16.6 Å². The predicted molar refractivity (Wildman–Crippen MR) is 69.1 cm³/mol. The number of aliphatic hydroxyl groups is 1. The van der Waals surface area contributed by atoms with Crippen LogP contribution in [0.3, 0.4) is 0 Å². The molecule has 0 fully saturated rings. The van der Waals surface area contributed by atoms with Gasteiger partial charge in [0.05, 0.1) is 6.10 Å². The number of nitrogens with zero attached hydrogens (tertiary/aromatic N) is 1. The fourth-order valence-corrected chi connectivity index (χ4v) is 1.66. The lowest BCUT2D eigenvalue weighted by Crippen LogP contribution is -2.12. The average Bonchev–Trinajstić information content (AvgIpc) is 2.37. The molecule has 1 atom stereocenters. The van der Waals surface area contributed by atoms with Gasteiger partial charge in [-0.1, -0.05) is 48.0 Å². The third-order valence-electron chi connectivity index (χ3n) is 2.38. The molecule has 0 radical (unpaired) electrons. The molecule has 2 aromatic rings. The third-order valence-corrected chi connectivity index (χ3v) is 2.59. The van der Waals surface area contributed by atoms with Crippen molar-refractivity contribution in [3.63, 3.8) is 0 Å². The normalized spacial score (nSPS) is 12.1. The van der Waals surface area contributed by atoms with Gasteiger partial charge in [0.2, 0.25) is 0 Å². The molecule has 1 unspecified atom stereocenters. The Labute approximate surface area is 105 Å². The molecule has 0 aliphatic carbocycles. The number of hydrogen-bond acceptors (Lipinski definition) is 3. The van der Waals surface area contributed by atoms with Crippen molar-refractivity contribution < 1.29 is 5.11 Å². The molecule has 3 nitrogen and oxygen atoms in total. The van der Waals surface area contributed by atoms with Gasteiger partial charge in [-0.25, -0.2) is 4.98 Å². The summed E-state index contributed by atoms with van der Waals surface area (Å²) in [5, 5.41) is 13.4. The number of aromatic nitrogens is 1. The zero-order valence-electron chi connectivity index (χ0n) is 9.18. The Bertz CT molecular complexity index is 476. The quantitative estimate of drug-likeness (QED) is 0.818. The molecule has 0 saturated heterocycles. The molecule has 0 aliphatic rings. The van der Waals surface area contributed by atoms with Crippen LogP contribution in [0.1, 0.15) is 11.7 Å². The van der Waals surface area contributed by atoms with Gasteiger partial charge < -0.3 is 10.4 Å². The van der Waals surface area contributed by atoms with Gasteiger partial charge in [0.15, 0.2) is 0 Å². The van der Waals surface area contributed by atoms with E-state index < -0.39 is 6.10 Å². The summed E-state index contributed by atoms with van der Waals surface area (Å²) in [5.41, 5.74) is 0.877. The highest BCUT2D eigenvalue weighted by Gasteiger charge is 2.06. The fourth-order valence-electron chi connectivity index (χ4n) is 1.50. The number of halogens is 1. The number of pyridine rings is 1. The highest BCUT2D eigenvalue weighted by Crippen LogP contribution is 2.14. The van der Waals surface area contributed by atoms with Crippen LogP contribution in [0, 0.1) is 0 Å². The lowest BCUT2D eigenvalue weighted by molar-refractivity contribution is 0.191. The lowest BCUT2D eigenvalue weighted by Gasteiger charge is -2.12. The molecule has 0 spiro atoms. The van der Waals surface area contributed by atoms with Crippen LogP contribution in [0.5, 0.6) is 0 Å². The second-order valence-electron chi connectivity index (χ2n) is 3.65. The largest absolute Gasteiger partial charge is 0.387 e. The minimum atomic E-state index is -0.558. The first-order valence-electron chi connectivity index (χ1n) is 5.35. The minimum Gasteiger partial charge on any atom is -0.387 e. The van der Waals surface area contributed by atoms with E-state index in [0.717, 1.165) is 5.56 Å². The molecule has 17 heavy (non-hydrogen) atoms. The zero-order valence-corrected chi connectivity index (χ0v) is 9.93. The van der Waals surface area contributed by atoms with Gasteiger partial charge in [0, 0.05) is 6.54 Å². The van der Waals surface area contributed by atoms with Crippen LogP contribution in [0.15, 0.2) is 48.5 Å². The summed E-state index contributed by atoms with van der Waals surface area (Å²) in [7, 11) is 0. The van der Waals surface area contributed by atoms with Crippen molar-refractivity contribution in [2.75, 3.05) is 11.9 Å². The number of anilines is 1. The van der Waals surface area contributed by atoms with E-state index in [0.29, 0.717) is 17.5 Å². The van der Waals surface area contributed by atoms with Gasteiger partial charge in [0.25, 0.3) is 0 Å². The van der Waals surface area contributed by atoms with Crippen molar-refractivity contribution in [1.29, 1.82) is 0 Å². The van der Waals surface area contributed by atoms with Gasteiger partial charge in [-0.15, -0.1) is 0 Å². The van der Waals surface area contributed by atoms with Crippen molar-refractivity contribution in [3.8, 4) is 0 Å². The maximum absolute atomic E-state index is 9.93. The first-order chi connectivity index (χ1) is 8.25. The maximum atomic E-state index is 9.93. The maximum Gasteiger partial charge on any atom is 0.131 e. The topological polar surface area (TPSA) is 45.1 Å². The SMILES string of the molecule is OC(CNc1cccc(Cl)n1)c1ccccc1. The molecule has 88 valence electrons. The summed E-state index contributed by atoms with van der Waals surface area (Å²) in [6, 6.07) is 14.8. The van der Waals surface area contributed by atoms with Gasteiger partial charge >= 0.3 is 0 Å². The average molecular weight is 249 g/mol. The number of nitrogens with one attached hydrogen (secondary N) is 1. The van der Waals surface area contributed by atoms with Crippen molar-refractivity contribution in [2.24, 2.45) is 0 Å². The van der Waals surface area contributed by atoms with E-state index in [1.54, 1.807) is 6.07 Å². The molecule has 0 saturated carbocycles. The summed E-state index contributed by atoms with van der Waals surface area (Å²) in [5.74, 6) is 0.660. The second kappa shape index (κ2) is 5.66. The smallest absolute Gasteiger partial charge is 0.131 e. The minimum absolute atomic E-state index is 0.400. The Morgan fingerprint density at radius 2 is 1.88 bits per heavy atom. The van der Waals surface area contributed by atoms with E-state index in [-0.39, 0.29) is 0 Å². The van der Waals surface area contributed by atoms with E-state index in [2.05, 4.69) is 10.3 Å². The summed E-state index contributed by atoms with van der Waals surface area (Å²) in [6.45, 7) is 0.400. The van der Waals surface area contributed by atoms with Crippen LogP contribution in [0.2, 0.25) is 5.15 Å². The van der Waals surface area contributed by atoms with Crippen molar-refractivity contribution in [2.45, 2.75) is 6.10 Å². The first-order valence-corrected chi connectivity index (χ1v) is 5.73. The Hall–Kier alpha value is -1.58. The van der Waals surface area contributed by atoms with Gasteiger partial charge in [0.1, 0.15) is 11.0 Å². The lowest BCUT2D eigenvalue weighted by atomic mass is 10.1. The fraction of sp³-hybridized carbons (Fsp3) is 0.154. The van der Waals surface area contributed by atoms with Crippen LogP contribution >= 0.6 is 11.6 Å². The molecule has 1 aromatic heterocycles. The Balaban J connectivity index is 1.95. The van der Waals surface area contributed by atoms with Crippen LogP contribution < -0.4 is 5.32 Å². The van der Waals surface area contributed by atoms with Gasteiger partial charge in [-0.05, 0) is 17.7 Å². The third kappa shape index (κ3) is 3.44. The second-order valence-corrected chi connectivity index (χ2v) is 4.04. The summed E-state index contributed by atoms with van der Waals surface area (Å²) < 4.78 is 0. The molecule has 0 bridgehead atoms. The molecule has 1 aromatic carbocycles. The van der Waals surface area contributed by atoms with Crippen LogP contribution in [0.25, 0.3) is 0 Å². The van der Waals surface area contributed by atoms with Crippen molar-refractivity contribution in [1.82, 2.24) is 4.98 Å². The molecule has 0 aliphatic heterocycles. The Morgan fingerprint density at radius 1 is 1.12 bits per heavy atom. The Kier molecular flexibility index (Phi) is 3.96. The van der Waals surface area contributed by atoms with E-state index in [1.807, 2.05) is 42.5 Å². The highest BCUT2D eigenvalue weighted by atomic mass is 35.5. The molecular weight excluding hydrogens is 236 g/mol. The molecule has 1 heterocycles. The predicted octanol–water partition coefficient (Wildman–Crippen LogP) is 2.88. The van der Waals surface area contributed by atoms with E-state index in [1.165, 1.54) is 0 Å². The zero-order chi connectivity index (χ0) is 12.1. The summed E-state index contributed by atoms with van der Waals surface area (Å²) in [4.78, 5) is 4.08. The van der Waals surface area contributed by atoms with E-state index in [9.17, 15) is 5.11 Å². The molecule has 0 amide bonds. The molecule has 2 N–H and O–H groups in total. The molecule has 4 heteroatoms. The monoisotopic (exact) mass is 248 g/mol. The number of hydrogen-bond donors (Lipinski definition) is 2. The Morgan fingerprint density at radius 3 is 2.59 bits per heavy atom. The van der Waals surface area contributed by atoms with Crippen molar-refractivity contribution >= 4 is 17.4 Å². The molecule has 2 rings (SSSR count). The first kappa shape index (κ1) is 11.9.